The van der Waals surface area contributed by atoms with E-state index >= 15 is 0 Å². The van der Waals surface area contributed by atoms with E-state index in [9.17, 15) is 0 Å². The van der Waals surface area contributed by atoms with Crippen molar-refractivity contribution in [2.75, 3.05) is 6.54 Å². The van der Waals surface area contributed by atoms with Gasteiger partial charge in [0.1, 0.15) is 0 Å². The Balaban J connectivity index is 2.58. The molecular weight excluding hydrogens is 184 g/mol. The maximum atomic E-state index is 3.55. The first kappa shape index (κ1) is 13.0. The van der Waals surface area contributed by atoms with Crippen molar-refractivity contribution < 1.29 is 0 Å². The molecule has 0 bridgehead atoms. The molecule has 1 N–H and O–H groups in total. The maximum Gasteiger partial charge on any atom is 0.0224 e. The second kappa shape index (κ2) is 5.86. The van der Waals surface area contributed by atoms with Gasteiger partial charge in [-0.1, -0.05) is 13.8 Å². The van der Waals surface area contributed by atoms with Gasteiger partial charge in [0.15, 0.2) is 0 Å². The van der Waals surface area contributed by atoms with Crippen LogP contribution in [0.4, 0.5) is 0 Å². The minimum atomic E-state index is 0.601. The minimum Gasteiger partial charge on any atom is -0.313 e. The fraction of sp³-hybridized carbons (Fsp3) is 1.00. The van der Waals surface area contributed by atoms with E-state index in [2.05, 4.69) is 44.8 Å². The van der Waals surface area contributed by atoms with Gasteiger partial charge >= 0.3 is 0 Å². The third-order valence-corrected chi connectivity index (χ3v) is 4.04. The summed E-state index contributed by atoms with van der Waals surface area (Å²) in [4.78, 5) is 2.73. The lowest BCUT2D eigenvalue weighted by molar-refractivity contribution is 0.119. The summed E-state index contributed by atoms with van der Waals surface area (Å²) < 4.78 is 0. The molecule has 1 saturated heterocycles. The molecular formula is C13H28N2. The first-order valence-electron chi connectivity index (χ1n) is 6.62. The van der Waals surface area contributed by atoms with Crippen LogP contribution in [0.5, 0.6) is 0 Å². The SMILES string of the molecule is CCNC(C)C(C)N1C(C)CCC1CC. The minimum absolute atomic E-state index is 0.601. The van der Waals surface area contributed by atoms with E-state index in [-0.39, 0.29) is 0 Å². The number of nitrogens with one attached hydrogen (secondary N) is 1. The van der Waals surface area contributed by atoms with E-state index in [1.807, 2.05) is 0 Å². The zero-order chi connectivity index (χ0) is 11.4. The molecule has 4 atom stereocenters. The van der Waals surface area contributed by atoms with Crippen molar-refractivity contribution in [1.29, 1.82) is 0 Å². The van der Waals surface area contributed by atoms with Gasteiger partial charge in [0.05, 0.1) is 0 Å². The summed E-state index contributed by atoms with van der Waals surface area (Å²) in [6.45, 7) is 12.6. The first-order valence-corrected chi connectivity index (χ1v) is 6.62. The lowest BCUT2D eigenvalue weighted by Crippen LogP contribution is -2.51. The molecule has 1 rings (SSSR count). The molecule has 1 fully saturated rings. The van der Waals surface area contributed by atoms with Crippen molar-refractivity contribution >= 4 is 0 Å². The second-order valence-electron chi connectivity index (χ2n) is 5.02. The molecule has 0 aliphatic carbocycles. The van der Waals surface area contributed by atoms with Crippen LogP contribution in [0.25, 0.3) is 0 Å². The standard InChI is InChI=1S/C13H28N2/c1-6-13-9-8-10(3)15(13)12(5)11(4)14-7-2/h10-14H,6-9H2,1-5H3. The molecule has 1 aliphatic heterocycles. The van der Waals surface area contributed by atoms with Crippen LogP contribution in [-0.4, -0.2) is 35.6 Å². The average molecular weight is 212 g/mol. The molecule has 1 aliphatic rings. The summed E-state index contributed by atoms with van der Waals surface area (Å²) in [5, 5.41) is 3.55. The van der Waals surface area contributed by atoms with Gasteiger partial charge in [0.2, 0.25) is 0 Å². The van der Waals surface area contributed by atoms with E-state index in [0.29, 0.717) is 12.1 Å². The van der Waals surface area contributed by atoms with E-state index in [1.54, 1.807) is 0 Å². The number of likely N-dealkylation sites (N-methyl/N-ethyl adjacent to an activating group) is 1. The van der Waals surface area contributed by atoms with Crippen molar-refractivity contribution in [3.05, 3.63) is 0 Å². The number of likely N-dealkylation sites (tertiary alicyclic amines) is 1. The van der Waals surface area contributed by atoms with E-state index in [1.165, 1.54) is 19.3 Å². The van der Waals surface area contributed by atoms with Crippen molar-refractivity contribution in [2.24, 2.45) is 0 Å². The van der Waals surface area contributed by atoms with Gasteiger partial charge in [-0.05, 0) is 46.6 Å². The first-order chi connectivity index (χ1) is 7.11. The molecule has 0 radical (unpaired) electrons. The Bertz CT molecular complexity index is 181. The monoisotopic (exact) mass is 212 g/mol. The van der Waals surface area contributed by atoms with Crippen LogP contribution in [0, 0.1) is 0 Å². The van der Waals surface area contributed by atoms with Gasteiger partial charge in [-0.15, -0.1) is 0 Å². The van der Waals surface area contributed by atoms with E-state index < -0.39 is 0 Å². The number of rotatable bonds is 5. The molecule has 15 heavy (non-hydrogen) atoms. The van der Waals surface area contributed by atoms with E-state index in [4.69, 9.17) is 0 Å². The van der Waals surface area contributed by atoms with Gasteiger partial charge in [-0.25, -0.2) is 0 Å². The molecule has 0 aromatic heterocycles. The third kappa shape index (κ3) is 2.94. The Morgan fingerprint density at radius 1 is 1.27 bits per heavy atom. The largest absolute Gasteiger partial charge is 0.313 e. The second-order valence-corrected chi connectivity index (χ2v) is 5.02. The summed E-state index contributed by atoms with van der Waals surface area (Å²) in [5.74, 6) is 0. The lowest BCUT2D eigenvalue weighted by atomic mass is 10.1. The molecule has 1 heterocycles. The quantitative estimate of drug-likeness (QED) is 0.753. The molecule has 0 aromatic rings. The van der Waals surface area contributed by atoms with Crippen molar-refractivity contribution in [1.82, 2.24) is 10.2 Å². The summed E-state index contributed by atoms with van der Waals surface area (Å²) >= 11 is 0. The van der Waals surface area contributed by atoms with Crippen LogP contribution in [0.1, 0.15) is 53.9 Å². The molecule has 0 spiro atoms. The Morgan fingerprint density at radius 2 is 1.93 bits per heavy atom. The fourth-order valence-corrected chi connectivity index (χ4v) is 2.99. The third-order valence-electron chi connectivity index (χ3n) is 4.04. The van der Waals surface area contributed by atoms with Crippen molar-refractivity contribution in [2.45, 2.75) is 78.0 Å². The fourth-order valence-electron chi connectivity index (χ4n) is 2.99. The normalized spacial score (nSPS) is 31.8. The van der Waals surface area contributed by atoms with Crippen molar-refractivity contribution in [3.8, 4) is 0 Å². The highest BCUT2D eigenvalue weighted by molar-refractivity contribution is 4.91. The highest BCUT2D eigenvalue weighted by Gasteiger charge is 2.34. The topological polar surface area (TPSA) is 15.3 Å². The van der Waals surface area contributed by atoms with Crippen LogP contribution < -0.4 is 5.32 Å². The Labute approximate surface area is 95.4 Å². The Morgan fingerprint density at radius 3 is 2.47 bits per heavy atom. The molecule has 0 amide bonds. The lowest BCUT2D eigenvalue weighted by Gasteiger charge is -2.37. The molecule has 0 aromatic carbocycles. The number of hydrogen-bond acceptors (Lipinski definition) is 2. The number of hydrogen-bond donors (Lipinski definition) is 1. The van der Waals surface area contributed by atoms with Gasteiger partial charge < -0.3 is 5.32 Å². The van der Waals surface area contributed by atoms with Gasteiger partial charge in [-0.2, -0.15) is 0 Å². The van der Waals surface area contributed by atoms with Crippen LogP contribution in [0.15, 0.2) is 0 Å². The molecule has 2 nitrogen and oxygen atoms in total. The van der Waals surface area contributed by atoms with Crippen LogP contribution in [0.2, 0.25) is 0 Å². The van der Waals surface area contributed by atoms with Crippen LogP contribution in [-0.2, 0) is 0 Å². The van der Waals surface area contributed by atoms with E-state index in [0.717, 1.165) is 18.6 Å². The summed E-state index contributed by atoms with van der Waals surface area (Å²) in [5.41, 5.74) is 0. The van der Waals surface area contributed by atoms with Gasteiger partial charge in [-0.3, -0.25) is 4.90 Å². The van der Waals surface area contributed by atoms with Gasteiger partial charge in [0, 0.05) is 24.2 Å². The maximum absolute atomic E-state index is 3.55. The zero-order valence-corrected chi connectivity index (χ0v) is 11.1. The molecule has 4 unspecified atom stereocenters. The number of nitrogens with zero attached hydrogens (tertiary/aromatic N) is 1. The van der Waals surface area contributed by atoms with Crippen molar-refractivity contribution in [3.63, 3.8) is 0 Å². The smallest absolute Gasteiger partial charge is 0.0224 e. The highest BCUT2D eigenvalue weighted by Crippen LogP contribution is 2.29. The van der Waals surface area contributed by atoms with Crippen LogP contribution >= 0.6 is 0 Å². The summed E-state index contributed by atoms with van der Waals surface area (Å²) in [6.07, 6.45) is 4.07. The van der Waals surface area contributed by atoms with Gasteiger partial charge in [0.25, 0.3) is 0 Å². The van der Waals surface area contributed by atoms with Crippen LogP contribution in [0.3, 0.4) is 0 Å². The molecule has 90 valence electrons. The Hall–Kier alpha value is -0.0800. The predicted molar refractivity (Wildman–Crippen MR) is 67.2 cm³/mol. The molecule has 2 heteroatoms. The molecule has 0 saturated carbocycles. The highest BCUT2D eigenvalue weighted by atomic mass is 15.2. The zero-order valence-electron chi connectivity index (χ0n) is 11.1. The Kier molecular flexibility index (Phi) is 5.07. The summed E-state index contributed by atoms with van der Waals surface area (Å²) in [6, 6.07) is 2.85. The summed E-state index contributed by atoms with van der Waals surface area (Å²) in [7, 11) is 0. The average Bonchev–Trinajstić information content (AvgIpc) is 2.58. The predicted octanol–water partition coefficient (Wildman–Crippen LogP) is 2.64.